The highest BCUT2D eigenvalue weighted by Gasteiger charge is 2.39. The molecule has 1 aromatic heterocycles. The Labute approximate surface area is 139 Å². The molecule has 0 aromatic carbocycles. The zero-order valence-corrected chi connectivity index (χ0v) is 14.3. The lowest BCUT2D eigenvalue weighted by molar-refractivity contribution is 0.00626. The number of ether oxygens (including phenoxy) is 1. The lowest BCUT2D eigenvalue weighted by atomic mass is 10.0. The molecule has 0 saturated carbocycles. The second kappa shape index (κ2) is 5.79. The molecule has 3 heterocycles. The summed E-state index contributed by atoms with van der Waals surface area (Å²) in [6.07, 6.45) is 1.37. The topological polar surface area (TPSA) is 76.5 Å². The molecule has 1 amide bonds. The van der Waals surface area contributed by atoms with Gasteiger partial charge >= 0.3 is 12.0 Å². The number of fused-ring (bicyclic) bond motifs is 1. The summed E-state index contributed by atoms with van der Waals surface area (Å²) in [5.74, 6) is 0.363. The molecule has 2 aliphatic rings. The van der Waals surface area contributed by atoms with Crippen LogP contribution in [0, 0.1) is 11.8 Å². The molecule has 2 unspecified atom stereocenters. The van der Waals surface area contributed by atoms with Crippen molar-refractivity contribution in [1.29, 1.82) is 0 Å². The maximum Gasteiger partial charge on any atom is 0.360 e. The SMILES string of the molecule is CC(C)(C)OC(=O)c1nn(C(=O)N2CC3CNCC3C2)cc1Cl. The number of carbonyl (C=O) groups is 2. The Morgan fingerprint density at radius 3 is 2.48 bits per heavy atom. The van der Waals surface area contributed by atoms with Gasteiger partial charge in [0.15, 0.2) is 5.69 Å². The van der Waals surface area contributed by atoms with Gasteiger partial charge in [-0.1, -0.05) is 11.6 Å². The van der Waals surface area contributed by atoms with E-state index in [-0.39, 0.29) is 16.7 Å². The van der Waals surface area contributed by atoms with Crippen LogP contribution in [0.15, 0.2) is 6.20 Å². The number of hydrogen-bond donors (Lipinski definition) is 1. The molecular weight excluding hydrogens is 320 g/mol. The number of nitrogens with zero attached hydrogens (tertiary/aromatic N) is 3. The summed E-state index contributed by atoms with van der Waals surface area (Å²) in [5.41, 5.74) is -0.677. The van der Waals surface area contributed by atoms with Crippen LogP contribution in [-0.2, 0) is 4.74 Å². The van der Waals surface area contributed by atoms with E-state index in [2.05, 4.69) is 10.4 Å². The number of rotatable bonds is 1. The van der Waals surface area contributed by atoms with Crippen molar-refractivity contribution in [3.05, 3.63) is 16.9 Å². The zero-order chi connectivity index (χ0) is 16.8. The van der Waals surface area contributed by atoms with Gasteiger partial charge in [-0.2, -0.15) is 9.78 Å². The first kappa shape index (κ1) is 16.3. The van der Waals surface area contributed by atoms with E-state index in [1.54, 1.807) is 25.7 Å². The molecule has 0 bridgehead atoms. The molecule has 2 aliphatic heterocycles. The number of esters is 1. The van der Waals surface area contributed by atoms with Crippen molar-refractivity contribution in [3.8, 4) is 0 Å². The molecule has 8 heteroatoms. The average molecular weight is 341 g/mol. The van der Waals surface area contributed by atoms with E-state index in [0.717, 1.165) is 17.8 Å². The van der Waals surface area contributed by atoms with Crippen molar-refractivity contribution in [2.24, 2.45) is 11.8 Å². The normalized spacial score (nSPS) is 23.9. The third-order valence-corrected chi connectivity index (χ3v) is 4.39. The summed E-state index contributed by atoms with van der Waals surface area (Å²) < 4.78 is 6.39. The molecule has 126 valence electrons. The minimum atomic E-state index is -0.645. The van der Waals surface area contributed by atoms with Crippen molar-refractivity contribution >= 4 is 23.6 Å². The number of hydrogen-bond acceptors (Lipinski definition) is 5. The van der Waals surface area contributed by atoms with E-state index in [1.165, 1.54) is 6.20 Å². The Balaban J connectivity index is 1.73. The van der Waals surface area contributed by atoms with Crippen LogP contribution in [0.25, 0.3) is 0 Å². The minimum Gasteiger partial charge on any atom is -0.455 e. The highest BCUT2D eigenvalue weighted by Crippen LogP contribution is 2.27. The van der Waals surface area contributed by atoms with Gasteiger partial charge < -0.3 is 15.0 Å². The van der Waals surface area contributed by atoms with Crippen LogP contribution in [-0.4, -0.2) is 58.5 Å². The molecule has 1 N–H and O–H groups in total. The second-order valence-corrected chi connectivity index (χ2v) is 7.55. The van der Waals surface area contributed by atoms with Crippen LogP contribution < -0.4 is 5.32 Å². The number of nitrogens with one attached hydrogen (secondary N) is 1. The van der Waals surface area contributed by atoms with Crippen molar-refractivity contribution in [1.82, 2.24) is 20.0 Å². The van der Waals surface area contributed by atoms with E-state index in [0.29, 0.717) is 24.9 Å². The molecular formula is C15H21ClN4O3. The van der Waals surface area contributed by atoms with Gasteiger partial charge in [0.2, 0.25) is 0 Å². The largest absolute Gasteiger partial charge is 0.455 e. The summed E-state index contributed by atoms with van der Waals surface area (Å²) in [7, 11) is 0. The monoisotopic (exact) mass is 340 g/mol. The zero-order valence-electron chi connectivity index (χ0n) is 13.5. The van der Waals surface area contributed by atoms with E-state index in [9.17, 15) is 9.59 Å². The number of likely N-dealkylation sites (tertiary alicyclic amines) is 1. The summed E-state index contributed by atoms with van der Waals surface area (Å²) in [4.78, 5) is 26.4. The molecule has 0 radical (unpaired) electrons. The highest BCUT2D eigenvalue weighted by molar-refractivity contribution is 6.33. The molecule has 2 saturated heterocycles. The number of amides is 1. The van der Waals surface area contributed by atoms with Crippen LogP contribution in [0.5, 0.6) is 0 Å². The Kier molecular flexibility index (Phi) is 4.10. The molecule has 3 rings (SSSR count). The predicted octanol–water partition coefficient (Wildman–Crippen LogP) is 1.61. The Hall–Kier alpha value is -1.60. The van der Waals surface area contributed by atoms with Gasteiger partial charge in [-0.25, -0.2) is 9.59 Å². The minimum absolute atomic E-state index is 0.0315. The molecule has 23 heavy (non-hydrogen) atoms. The van der Waals surface area contributed by atoms with Gasteiger partial charge in [-0.05, 0) is 32.6 Å². The fourth-order valence-electron chi connectivity index (χ4n) is 3.07. The van der Waals surface area contributed by atoms with Crippen molar-refractivity contribution < 1.29 is 14.3 Å². The van der Waals surface area contributed by atoms with Crippen LogP contribution in [0.1, 0.15) is 31.3 Å². The average Bonchev–Trinajstić information content (AvgIpc) is 3.08. The molecule has 2 atom stereocenters. The lowest BCUT2D eigenvalue weighted by Gasteiger charge is -2.18. The molecule has 2 fully saturated rings. The van der Waals surface area contributed by atoms with Gasteiger partial charge in [0.1, 0.15) is 5.60 Å². The first-order valence-corrected chi connectivity index (χ1v) is 8.11. The van der Waals surface area contributed by atoms with Crippen molar-refractivity contribution in [2.45, 2.75) is 26.4 Å². The maximum atomic E-state index is 12.5. The second-order valence-electron chi connectivity index (χ2n) is 7.14. The Morgan fingerprint density at radius 1 is 1.30 bits per heavy atom. The van der Waals surface area contributed by atoms with E-state index < -0.39 is 11.6 Å². The number of carbonyl (C=O) groups excluding carboxylic acids is 2. The van der Waals surface area contributed by atoms with Crippen LogP contribution in [0.2, 0.25) is 5.02 Å². The fraction of sp³-hybridized carbons (Fsp3) is 0.667. The third-order valence-electron chi connectivity index (χ3n) is 4.12. The molecule has 0 aliphatic carbocycles. The maximum absolute atomic E-state index is 12.5. The first-order chi connectivity index (χ1) is 10.7. The van der Waals surface area contributed by atoms with Gasteiger partial charge in [0.25, 0.3) is 0 Å². The third kappa shape index (κ3) is 3.35. The molecule has 7 nitrogen and oxygen atoms in total. The van der Waals surface area contributed by atoms with Crippen molar-refractivity contribution in [3.63, 3.8) is 0 Å². The Morgan fingerprint density at radius 2 is 1.91 bits per heavy atom. The summed E-state index contributed by atoms with van der Waals surface area (Å²) in [6, 6.07) is -0.254. The smallest absolute Gasteiger partial charge is 0.360 e. The highest BCUT2D eigenvalue weighted by atomic mass is 35.5. The number of halogens is 1. The van der Waals surface area contributed by atoms with Crippen LogP contribution in [0.3, 0.4) is 0 Å². The summed E-state index contributed by atoms with van der Waals surface area (Å²) >= 11 is 6.05. The number of aromatic nitrogens is 2. The van der Waals surface area contributed by atoms with Crippen LogP contribution in [0.4, 0.5) is 4.79 Å². The lowest BCUT2D eigenvalue weighted by Crippen LogP contribution is -2.35. The van der Waals surface area contributed by atoms with Crippen LogP contribution >= 0.6 is 11.6 Å². The van der Waals surface area contributed by atoms with E-state index in [1.807, 2.05) is 0 Å². The van der Waals surface area contributed by atoms with Gasteiger partial charge in [-0.3, -0.25) is 0 Å². The summed E-state index contributed by atoms with van der Waals surface area (Å²) in [6.45, 7) is 8.58. The first-order valence-electron chi connectivity index (χ1n) is 7.73. The predicted molar refractivity (Wildman–Crippen MR) is 84.6 cm³/mol. The summed E-state index contributed by atoms with van der Waals surface area (Å²) in [5, 5.41) is 7.49. The molecule has 0 spiro atoms. The molecule has 1 aromatic rings. The standard InChI is InChI=1S/C15H21ClN4O3/c1-15(2,3)23-13(21)12-11(16)8-20(18-12)14(22)19-6-9-4-17-5-10(9)7-19/h8-10,17H,4-7H2,1-3H3. The quantitative estimate of drug-likeness (QED) is 0.786. The fourth-order valence-corrected chi connectivity index (χ4v) is 3.28. The Bertz CT molecular complexity index is 625. The van der Waals surface area contributed by atoms with Crippen molar-refractivity contribution in [2.75, 3.05) is 26.2 Å². The van der Waals surface area contributed by atoms with E-state index in [4.69, 9.17) is 16.3 Å². The van der Waals surface area contributed by atoms with Gasteiger partial charge in [0, 0.05) is 26.2 Å². The van der Waals surface area contributed by atoms with Gasteiger partial charge in [0.05, 0.1) is 11.2 Å². The van der Waals surface area contributed by atoms with Gasteiger partial charge in [-0.15, -0.1) is 0 Å². The van der Waals surface area contributed by atoms with E-state index >= 15 is 0 Å².